The Morgan fingerprint density at radius 2 is 1.95 bits per heavy atom. The lowest BCUT2D eigenvalue weighted by molar-refractivity contribution is 0.735. The first-order chi connectivity index (χ1) is 9.54. The van der Waals surface area contributed by atoms with Crippen LogP contribution >= 0.6 is 27.5 Å². The van der Waals surface area contributed by atoms with E-state index in [4.69, 9.17) is 17.3 Å². The summed E-state index contributed by atoms with van der Waals surface area (Å²) in [6.07, 6.45) is 0. The molecule has 2 rings (SSSR count). The quantitative estimate of drug-likeness (QED) is 0.858. The van der Waals surface area contributed by atoms with E-state index < -0.39 is 0 Å². The third-order valence-electron chi connectivity index (χ3n) is 3.58. The van der Waals surface area contributed by atoms with E-state index in [-0.39, 0.29) is 6.04 Å². The third kappa shape index (κ3) is 3.17. The second-order valence-electron chi connectivity index (χ2n) is 4.79. The molecule has 0 aromatic heterocycles. The normalized spacial score (nSPS) is 12.2. The van der Waals surface area contributed by atoms with Gasteiger partial charge in [0.1, 0.15) is 0 Å². The van der Waals surface area contributed by atoms with Gasteiger partial charge in [-0.15, -0.1) is 0 Å². The lowest BCUT2D eigenvalue weighted by Crippen LogP contribution is -2.23. The van der Waals surface area contributed by atoms with Crippen molar-refractivity contribution in [2.75, 3.05) is 11.9 Å². The van der Waals surface area contributed by atoms with E-state index in [1.54, 1.807) is 0 Å². The SMILES string of the molecule is CC(c1ccccc1Cl)N(C)c1cc(Br)ccc1CN. The number of benzene rings is 2. The molecule has 0 radical (unpaired) electrons. The molecule has 0 aliphatic rings. The Hall–Kier alpha value is -1.03. The first-order valence-corrected chi connectivity index (χ1v) is 7.67. The molecule has 1 unspecified atom stereocenters. The zero-order chi connectivity index (χ0) is 14.7. The summed E-state index contributed by atoms with van der Waals surface area (Å²) >= 11 is 9.82. The summed E-state index contributed by atoms with van der Waals surface area (Å²) in [5.74, 6) is 0. The molecule has 0 bridgehead atoms. The van der Waals surface area contributed by atoms with E-state index in [1.807, 2.05) is 24.3 Å². The van der Waals surface area contributed by atoms with Crippen LogP contribution in [0.3, 0.4) is 0 Å². The molecule has 20 heavy (non-hydrogen) atoms. The Labute approximate surface area is 133 Å². The van der Waals surface area contributed by atoms with Gasteiger partial charge in [0.05, 0.1) is 6.04 Å². The summed E-state index contributed by atoms with van der Waals surface area (Å²) in [6.45, 7) is 2.66. The van der Waals surface area contributed by atoms with Gasteiger partial charge in [-0.3, -0.25) is 0 Å². The summed E-state index contributed by atoms with van der Waals surface area (Å²) in [5, 5.41) is 0.788. The summed E-state index contributed by atoms with van der Waals surface area (Å²) in [5.41, 5.74) is 9.19. The lowest BCUT2D eigenvalue weighted by atomic mass is 10.0. The minimum atomic E-state index is 0.170. The van der Waals surface area contributed by atoms with Crippen LogP contribution in [-0.2, 0) is 6.54 Å². The average molecular weight is 354 g/mol. The maximum atomic E-state index is 6.29. The van der Waals surface area contributed by atoms with Crippen molar-refractivity contribution >= 4 is 33.2 Å². The highest BCUT2D eigenvalue weighted by Gasteiger charge is 2.17. The summed E-state index contributed by atoms with van der Waals surface area (Å²) in [4.78, 5) is 2.20. The fraction of sp³-hybridized carbons (Fsp3) is 0.250. The Bertz CT molecular complexity index is 601. The highest BCUT2D eigenvalue weighted by atomic mass is 79.9. The van der Waals surface area contributed by atoms with Crippen molar-refractivity contribution in [3.63, 3.8) is 0 Å². The number of nitrogens with zero attached hydrogens (tertiary/aromatic N) is 1. The van der Waals surface area contributed by atoms with Crippen molar-refractivity contribution in [2.45, 2.75) is 19.5 Å². The van der Waals surface area contributed by atoms with Gasteiger partial charge in [0.2, 0.25) is 0 Å². The van der Waals surface area contributed by atoms with Crippen LogP contribution in [0.5, 0.6) is 0 Å². The van der Waals surface area contributed by atoms with Crippen LogP contribution in [0.15, 0.2) is 46.9 Å². The molecule has 2 aromatic rings. The largest absolute Gasteiger partial charge is 0.367 e. The standard InChI is InChI=1S/C16H18BrClN2/c1-11(14-5-3-4-6-15(14)18)20(2)16-9-13(17)8-7-12(16)10-19/h3-9,11H,10,19H2,1-2H3. The Kier molecular flexibility index (Phi) is 5.08. The topological polar surface area (TPSA) is 29.3 Å². The van der Waals surface area contributed by atoms with Crippen molar-refractivity contribution < 1.29 is 0 Å². The summed E-state index contributed by atoms with van der Waals surface area (Å²) in [7, 11) is 2.06. The van der Waals surface area contributed by atoms with Crippen LogP contribution in [0, 0.1) is 0 Å². The number of hydrogen-bond donors (Lipinski definition) is 1. The number of rotatable bonds is 4. The van der Waals surface area contributed by atoms with Gasteiger partial charge in [0, 0.05) is 28.8 Å². The van der Waals surface area contributed by atoms with Gasteiger partial charge < -0.3 is 10.6 Å². The Morgan fingerprint density at radius 3 is 2.60 bits per heavy atom. The molecule has 0 aliphatic carbocycles. The highest BCUT2D eigenvalue weighted by Crippen LogP contribution is 2.33. The number of anilines is 1. The summed E-state index contributed by atoms with van der Waals surface area (Å²) in [6, 6.07) is 14.3. The molecule has 0 amide bonds. The lowest BCUT2D eigenvalue weighted by Gasteiger charge is -2.30. The van der Waals surface area contributed by atoms with Crippen molar-refractivity contribution in [2.24, 2.45) is 5.73 Å². The molecule has 0 spiro atoms. The van der Waals surface area contributed by atoms with Crippen LogP contribution in [-0.4, -0.2) is 7.05 Å². The van der Waals surface area contributed by atoms with E-state index in [0.29, 0.717) is 6.54 Å². The van der Waals surface area contributed by atoms with Gasteiger partial charge in [-0.2, -0.15) is 0 Å². The molecular formula is C16H18BrClN2. The molecule has 2 aromatic carbocycles. The smallest absolute Gasteiger partial charge is 0.0525 e. The maximum Gasteiger partial charge on any atom is 0.0525 e. The minimum absolute atomic E-state index is 0.170. The van der Waals surface area contributed by atoms with Crippen LogP contribution in [0.1, 0.15) is 24.1 Å². The van der Waals surface area contributed by atoms with Crippen LogP contribution in [0.2, 0.25) is 5.02 Å². The molecule has 106 valence electrons. The Balaban J connectivity index is 2.38. The van der Waals surface area contributed by atoms with Gasteiger partial charge in [-0.25, -0.2) is 0 Å². The molecule has 0 heterocycles. The van der Waals surface area contributed by atoms with Crippen molar-refractivity contribution in [1.29, 1.82) is 0 Å². The first kappa shape index (κ1) is 15.4. The fourth-order valence-electron chi connectivity index (χ4n) is 2.27. The fourth-order valence-corrected chi connectivity index (χ4v) is 2.91. The molecule has 2 N–H and O–H groups in total. The predicted octanol–water partition coefficient (Wildman–Crippen LogP) is 4.76. The minimum Gasteiger partial charge on any atom is -0.367 e. The van der Waals surface area contributed by atoms with Gasteiger partial charge in [0.25, 0.3) is 0 Å². The number of halogens is 2. The van der Waals surface area contributed by atoms with Crippen LogP contribution in [0.4, 0.5) is 5.69 Å². The predicted molar refractivity (Wildman–Crippen MR) is 90.3 cm³/mol. The molecule has 2 nitrogen and oxygen atoms in total. The van der Waals surface area contributed by atoms with Crippen molar-refractivity contribution in [1.82, 2.24) is 0 Å². The Morgan fingerprint density at radius 1 is 1.25 bits per heavy atom. The molecule has 4 heteroatoms. The van der Waals surface area contributed by atoms with Crippen molar-refractivity contribution in [3.8, 4) is 0 Å². The number of nitrogens with two attached hydrogens (primary N) is 1. The first-order valence-electron chi connectivity index (χ1n) is 6.50. The second-order valence-corrected chi connectivity index (χ2v) is 6.11. The third-order valence-corrected chi connectivity index (χ3v) is 4.42. The molecule has 0 saturated carbocycles. The molecule has 0 fully saturated rings. The van der Waals surface area contributed by atoms with E-state index in [0.717, 1.165) is 26.3 Å². The zero-order valence-electron chi connectivity index (χ0n) is 11.6. The van der Waals surface area contributed by atoms with Gasteiger partial charge >= 0.3 is 0 Å². The summed E-state index contributed by atoms with van der Waals surface area (Å²) < 4.78 is 1.04. The monoisotopic (exact) mass is 352 g/mol. The van der Waals surface area contributed by atoms with E-state index in [1.165, 1.54) is 0 Å². The van der Waals surface area contributed by atoms with E-state index in [2.05, 4.69) is 53.0 Å². The van der Waals surface area contributed by atoms with Crippen LogP contribution in [0.25, 0.3) is 0 Å². The van der Waals surface area contributed by atoms with Gasteiger partial charge in [-0.1, -0.05) is 51.8 Å². The molecule has 0 aliphatic heterocycles. The van der Waals surface area contributed by atoms with Crippen molar-refractivity contribution in [3.05, 3.63) is 63.1 Å². The van der Waals surface area contributed by atoms with Crippen LogP contribution < -0.4 is 10.6 Å². The zero-order valence-corrected chi connectivity index (χ0v) is 13.9. The number of hydrogen-bond acceptors (Lipinski definition) is 2. The molecular weight excluding hydrogens is 336 g/mol. The molecule has 1 atom stereocenters. The average Bonchev–Trinajstić information content (AvgIpc) is 2.46. The maximum absolute atomic E-state index is 6.29. The van der Waals surface area contributed by atoms with E-state index >= 15 is 0 Å². The van der Waals surface area contributed by atoms with Gasteiger partial charge in [0.15, 0.2) is 0 Å². The van der Waals surface area contributed by atoms with Gasteiger partial charge in [-0.05, 0) is 36.2 Å². The second kappa shape index (κ2) is 6.61. The highest BCUT2D eigenvalue weighted by molar-refractivity contribution is 9.10. The molecule has 0 saturated heterocycles. The van der Waals surface area contributed by atoms with E-state index in [9.17, 15) is 0 Å².